The van der Waals surface area contributed by atoms with E-state index < -0.39 is 4.92 Å². The molecule has 0 radical (unpaired) electrons. The van der Waals surface area contributed by atoms with Crippen LogP contribution in [0.4, 0.5) is 5.69 Å². The van der Waals surface area contributed by atoms with Crippen molar-refractivity contribution in [2.24, 2.45) is 16.3 Å². The molecule has 1 aromatic carbocycles. The molecule has 1 aromatic rings. The molecule has 0 aliphatic heterocycles. The van der Waals surface area contributed by atoms with Crippen LogP contribution in [-0.4, -0.2) is 21.7 Å². The van der Waals surface area contributed by atoms with Gasteiger partial charge in [-0.1, -0.05) is 5.16 Å². The zero-order valence-corrected chi connectivity index (χ0v) is 11.1. The molecule has 0 atom stereocenters. The van der Waals surface area contributed by atoms with Crippen LogP contribution in [0.3, 0.4) is 0 Å². The van der Waals surface area contributed by atoms with Gasteiger partial charge in [0.25, 0.3) is 5.69 Å². The van der Waals surface area contributed by atoms with E-state index in [4.69, 9.17) is 10.9 Å². The fourth-order valence-corrected chi connectivity index (χ4v) is 3.06. The van der Waals surface area contributed by atoms with Crippen LogP contribution in [0.5, 0.6) is 0 Å². The summed E-state index contributed by atoms with van der Waals surface area (Å²) in [5.41, 5.74) is 5.76. The molecule has 0 amide bonds. The summed E-state index contributed by atoms with van der Waals surface area (Å²) in [7, 11) is 0. The number of amidine groups is 1. The van der Waals surface area contributed by atoms with E-state index >= 15 is 0 Å². The largest absolute Gasteiger partial charge is 0.409 e. The highest BCUT2D eigenvalue weighted by molar-refractivity contribution is 7.99. The number of nitrogens with two attached hydrogens (primary N) is 1. The molecule has 1 saturated carbocycles. The SMILES string of the molecule is NC(CC1(CSc2ccc([N+](=O)[O-])cc2)CC1)=NO. The summed E-state index contributed by atoms with van der Waals surface area (Å²) >= 11 is 1.65. The summed E-state index contributed by atoms with van der Waals surface area (Å²) in [6, 6.07) is 6.52. The third kappa shape index (κ3) is 3.60. The van der Waals surface area contributed by atoms with Crippen molar-refractivity contribution in [2.75, 3.05) is 5.75 Å². The molecule has 0 saturated heterocycles. The molecule has 102 valence electrons. The molecule has 2 rings (SSSR count). The Balaban J connectivity index is 1.90. The molecule has 1 aliphatic rings. The zero-order valence-electron chi connectivity index (χ0n) is 10.3. The van der Waals surface area contributed by atoms with Crippen LogP contribution in [0.15, 0.2) is 34.3 Å². The Morgan fingerprint density at radius 2 is 2.11 bits per heavy atom. The summed E-state index contributed by atoms with van der Waals surface area (Å²) in [5, 5.41) is 22.1. The van der Waals surface area contributed by atoms with E-state index in [1.165, 1.54) is 12.1 Å². The first-order chi connectivity index (χ1) is 9.04. The Morgan fingerprint density at radius 3 is 2.58 bits per heavy atom. The van der Waals surface area contributed by atoms with Crippen LogP contribution in [0.1, 0.15) is 19.3 Å². The smallest absolute Gasteiger partial charge is 0.269 e. The van der Waals surface area contributed by atoms with Gasteiger partial charge in [-0.3, -0.25) is 10.1 Å². The van der Waals surface area contributed by atoms with Crippen molar-refractivity contribution >= 4 is 23.3 Å². The van der Waals surface area contributed by atoms with E-state index in [2.05, 4.69) is 5.16 Å². The van der Waals surface area contributed by atoms with Crippen molar-refractivity contribution in [3.8, 4) is 0 Å². The summed E-state index contributed by atoms with van der Waals surface area (Å²) in [6.07, 6.45) is 2.75. The third-order valence-electron chi connectivity index (χ3n) is 3.23. The fourth-order valence-electron chi connectivity index (χ4n) is 1.87. The Kier molecular flexibility index (Phi) is 3.94. The van der Waals surface area contributed by atoms with E-state index in [0.29, 0.717) is 6.42 Å². The number of hydrogen-bond donors (Lipinski definition) is 2. The highest BCUT2D eigenvalue weighted by atomic mass is 32.2. The molecule has 7 heteroatoms. The molecule has 0 aromatic heterocycles. The predicted molar refractivity (Wildman–Crippen MR) is 73.5 cm³/mol. The molecule has 1 aliphatic carbocycles. The van der Waals surface area contributed by atoms with Crippen molar-refractivity contribution < 1.29 is 10.1 Å². The van der Waals surface area contributed by atoms with E-state index in [0.717, 1.165) is 23.5 Å². The number of non-ortho nitro benzene ring substituents is 1. The Hall–Kier alpha value is -1.76. The van der Waals surface area contributed by atoms with Gasteiger partial charge < -0.3 is 10.9 Å². The second-order valence-corrected chi connectivity index (χ2v) is 5.86. The molecule has 0 spiro atoms. The lowest BCUT2D eigenvalue weighted by atomic mass is 10.1. The van der Waals surface area contributed by atoms with Gasteiger partial charge in [0.15, 0.2) is 0 Å². The number of benzene rings is 1. The van der Waals surface area contributed by atoms with Gasteiger partial charge in [-0.25, -0.2) is 0 Å². The summed E-state index contributed by atoms with van der Waals surface area (Å²) < 4.78 is 0. The maximum Gasteiger partial charge on any atom is 0.269 e. The minimum absolute atomic E-state index is 0.0992. The number of nitro groups is 1. The van der Waals surface area contributed by atoms with Gasteiger partial charge >= 0.3 is 0 Å². The predicted octanol–water partition coefficient (Wildman–Crippen LogP) is 2.60. The van der Waals surface area contributed by atoms with E-state index in [-0.39, 0.29) is 16.9 Å². The number of hydrogen-bond acceptors (Lipinski definition) is 5. The van der Waals surface area contributed by atoms with Crippen molar-refractivity contribution in [3.05, 3.63) is 34.4 Å². The van der Waals surface area contributed by atoms with Gasteiger partial charge in [-0.2, -0.15) is 0 Å². The summed E-state index contributed by atoms with van der Waals surface area (Å²) in [4.78, 5) is 11.1. The Labute approximate surface area is 114 Å². The first-order valence-corrected chi connectivity index (χ1v) is 6.87. The zero-order chi connectivity index (χ0) is 13.9. The van der Waals surface area contributed by atoms with Gasteiger partial charge in [-0.15, -0.1) is 11.8 Å². The molecule has 3 N–H and O–H groups in total. The van der Waals surface area contributed by atoms with Crippen LogP contribution in [0.2, 0.25) is 0 Å². The van der Waals surface area contributed by atoms with Crippen LogP contribution in [0.25, 0.3) is 0 Å². The first-order valence-electron chi connectivity index (χ1n) is 5.88. The molecule has 0 heterocycles. The van der Waals surface area contributed by atoms with Gasteiger partial charge in [0.1, 0.15) is 5.84 Å². The first kappa shape index (κ1) is 13.7. The number of nitrogens with zero attached hydrogens (tertiary/aromatic N) is 2. The highest BCUT2D eigenvalue weighted by Gasteiger charge is 2.43. The molecule has 0 unspecified atom stereocenters. The number of rotatable bonds is 6. The average Bonchev–Trinajstić information content (AvgIpc) is 3.17. The standard InChI is InChI=1S/C12H15N3O3S/c13-11(14-16)7-12(5-6-12)8-19-10-3-1-9(2-4-10)15(17)18/h1-4,16H,5-8H2,(H2,13,14). The second-order valence-electron chi connectivity index (χ2n) is 4.81. The minimum atomic E-state index is -0.408. The maximum atomic E-state index is 10.5. The average molecular weight is 281 g/mol. The molecule has 19 heavy (non-hydrogen) atoms. The van der Waals surface area contributed by atoms with Gasteiger partial charge in [0.2, 0.25) is 0 Å². The third-order valence-corrected chi connectivity index (χ3v) is 4.60. The topological polar surface area (TPSA) is 102 Å². The number of oxime groups is 1. The van der Waals surface area contributed by atoms with E-state index in [1.54, 1.807) is 23.9 Å². The van der Waals surface area contributed by atoms with Gasteiger partial charge in [0, 0.05) is 29.2 Å². The monoisotopic (exact) mass is 281 g/mol. The molecule has 1 fully saturated rings. The summed E-state index contributed by atoms with van der Waals surface area (Å²) in [6.45, 7) is 0. The normalized spacial score (nSPS) is 17.2. The summed E-state index contributed by atoms with van der Waals surface area (Å²) in [5.74, 6) is 1.14. The maximum absolute atomic E-state index is 10.5. The van der Waals surface area contributed by atoms with Crippen molar-refractivity contribution in [1.29, 1.82) is 0 Å². The van der Waals surface area contributed by atoms with Crippen LogP contribution in [0, 0.1) is 15.5 Å². The lowest BCUT2D eigenvalue weighted by Gasteiger charge is -2.13. The lowest BCUT2D eigenvalue weighted by molar-refractivity contribution is -0.384. The number of nitro benzene ring substituents is 1. The van der Waals surface area contributed by atoms with E-state index in [1.807, 2.05) is 0 Å². The van der Waals surface area contributed by atoms with Gasteiger partial charge in [0.05, 0.1) is 4.92 Å². The van der Waals surface area contributed by atoms with Crippen molar-refractivity contribution in [3.63, 3.8) is 0 Å². The fraction of sp³-hybridized carbons (Fsp3) is 0.417. The molecular formula is C12H15N3O3S. The highest BCUT2D eigenvalue weighted by Crippen LogP contribution is 2.51. The minimum Gasteiger partial charge on any atom is -0.409 e. The van der Waals surface area contributed by atoms with Crippen LogP contribution in [-0.2, 0) is 0 Å². The quantitative estimate of drug-likeness (QED) is 0.208. The van der Waals surface area contributed by atoms with Gasteiger partial charge in [-0.05, 0) is 30.4 Å². The molecule has 0 bridgehead atoms. The van der Waals surface area contributed by atoms with Crippen molar-refractivity contribution in [2.45, 2.75) is 24.2 Å². The van der Waals surface area contributed by atoms with Crippen LogP contribution >= 0.6 is 11.8 Å². The second kappa shape index (κ2) is 5.48. The van der Waals surface area contributed by atoms with Crippen LogP contribution < -0.4 is 5.73 Å². The Bertz CT molecular complexity index is 497. The lowest BCUT2D eigenvalue weighted by Crippen LogP contribution is -2.19. The molecular weight excluding hydrogens is 266 g/mol. The molecule has 6 nitrogen and oxygen atoms in total. The number of thioether (sulfide) groups is 1. The Morgan fingerprint density at radius 1 is 1.47 bits per heavy atom. The van der Waals surface area contributed by atoms with E-state index in [9.17, 15) is 10.1 Å². The van der Waals surface area contributed by atoms with Crippen molar-refractivity contribution in [1.82, 2.24) is 0 Å².